The molecule has 0 spiro atoms. The third kappa shape index (κ3) is 6.05. The van der Waals surface area contributed by atoms with Crippen LogP contribution < -0.4 is 16.4 Å². The van der Waals surface area contributed by atoms with E-state index in [1.807, 2.05) is 18.2 Å². The number of nitrogen functional groups attached to an aromatic ring is 1. The highest BCUT2D eigenvalue weighted by Crippen LogP contribution is 2.33. The number of aromatic amines is 1. The Morgan fingerprint density at radius 3 is 2.27 bits per heavy atom. The molecule has 5 rings (SSSR count). The Labute approximate surface area is 227 Å². The number of aromatic nitrogens is 4. The van der Waals surface area contributed by atoms with Gasteiger partial charge in [0.15, 0.2) is 5.65 Å². The summed E-state index contributed by atoms with van der Waals surface area (Å²) in [5, 5.41) is 12.6. The molecule has 14 heteroatoms. The maximum absolute atomic E-state index is 13.4. The van der Waals surface area contributed by atoms with Gasteiger partial charge in [-0.25, -0.2) is 9.97 Å². The predicted molar refractivity (Wildman–Crippen MR) is 140 cm³/mol. The number of nitrogens with zero attached hydrogens (tertiary/aromatic N) is 3. The van der Waals surface area contributed by atoms with E-state index < -0.39 is 29.5 Å². The monoisotopic (exact) mass is 571 g/mol. The van der Waals surface area contributed by atoms with Crippen LogP contribution in [0.1, 0.15) is 27.2 Å². The quantitative estimate of drug-likeness (QED) is 0.173. The molecule has 8 nitrogen and oxygen atoms in total. The number of rotatable bonds is 6. The van der Waals surface area contributed by atoms with Gasteiger partial charge in [-0.2, -0.15) is 31.4 Å². The van der Waals surface area contributed by atoms with Crippen LogP contribution in [0.2, 0.25) is 0 Å². The van der Waals surface area contributed by atoms with Crippen LogP contribution >= 0.6 is 0 Å². The van der Waals surface area contributed by atoms with Gasteiger partial charge < -0.3 is 16.4 Å². The van der Waals surface area contributed by atoms with E-state index in [0.717, 1.165) is 41.1 Å². The van der Waals surface area contributed by atoms with Crippen molar-refractivity contribution in [3.8, 4) is 11.1 Å². The summed E-state index contributed by atoms with van der Waals surface area (Å²) in [6, 6.07) is 13.3. The van der Waals surface area contributed by atoms with Crippen LogP contribution in [0.15, 0.2) is 73.1 Å². The standard InChI is InChI=1S/C27H19F6N7O/c28-26(29,30)17-5-7-21(19(10-17)25(41)38-18-6-8-22(36-13-18)27(31,32)33)35-11-14-1-3-15(4-2-14)16-9-20-23(34)39-40-24(20)37-12-16/h1-10,12-13,35H,11H2,(H,38,41)(H3,34,37,39,40). The highest BCUT2D eigenvalue weighted by Gasteiger charge is 2.33. The van der Waals surface area contributed by atoms with Crippen molar-refractivity contribution in [2.75, 3.05) is 16.4 Å². The summed E-state index contributed by atoms with van der Waals surface area (Å²) in [6.07, 6.45) is -6.98. The molecule has 0 radical (unpaired) electrons. The molecule has 0 atom stereocenters. The lowest BCUT2D eigenvalue weighted by Crippen LogP contribution is -2.17. The van der Waals surface area contributed by atoms with Gasteiger partial charge in [0.05, 0.1) is 28.4 Å². The first kappa shape index (κ1) is 27.4. The van der Waals surface area contributed by atoms with Gasteiger partial charge in [0, 0.05) is 24.0 Å². The number of carbonyl (C=O) groups is 1. The lowest BCUT2D eigenvalue weighted by Gasteiger charge is -2.16. The molecule has 0 saturated carbocycles. The van der Waals surface area contributed by atoms with Crippen molar-refractivity contribution in [2.45, 2.75) is 18.9 Å². The molecule has 0 aliphatic carbocycles. The van der Waals surface area contributed by atoms with E-state index in [9.17, 15) is 31.1 Å². The first-order valence-electron chi connectivity index (χ1n) is 11.9. The number of nitrogens with two attached hydrogens (primary N) is 1. The van der Waals surface area contributed by atoms with E-state index in [0.29, 0.717) is 29.0 Å². The molecule has 3 heterocycles. The van der Waals surface area contributed by atoms with Crippen LogP contribution in [-0.4, -0.2) is 26.1 Å². The minimum atomic E-state index is -4.72. The lowest BCUT2D eigenvalue weighted by atomic mass is 10.0. The molecule has 210 valence electrons. The summed E-state index contributed by atoms with van der Waals surface area (Å²) < 4.78 is 78.5. The minimum Gasteiger partial charge on any atom is -0.384 e. The Kier molecular flexibility index (Phi) is 6.99. The number of hydrogen-bond acceptors (Lipinski definition) is 6. The van der Waals surface area contributed by atoms with Crippen molar-refractivity contribution in [3.05, 3.63) is 95.4 Å². The Morgan fingerprint density at radius 1 is 0.854 bits per heavy atom. The van der Waals surface area contributed by atoms with Gasteiger partial charge in [-0.15, -0.1) is 0 Å². The molecule has 0 fully saturated rings. The number of fused-ring (bicyclic) bond motifs is 1. The smallest absolute Gasteiger partial charge is 0.384 e. The number of H-pyrrole nitrogens is 1. The van der Waals surface area contributed by atoms with Crippen molar-refractivity contribution in [2.24, 2.45) is 0 Å². The summed E-state index contributed by atoms with van der Waals surface area (Å²) in [5.41, 5.74) is 6.12. The summed E-state index contributed by atoms with van der Waals surface area (Å²) in [6.45, 7) is 0.153. The SMILES string of the molecule is Nc1[nH]nc2ncc(-c3ccc(CNc4ccc(C(F)(F)F)cc4C(=O)Nc4ccc(C(F)(F)F)nc4)cc3)cc12. The van der Waals surface area contributed by atoms with Crippen molar-refractivity contribution >= 4 is 34.1 Å². The maximum atomic E-state index is 13.4. The van der Waals surface area contributed by atoms with Crippen LogP contribution in [0.25, 0.3) is 22.2 Å². The zero-order valence-corrected chi connectivity index (χ0v) is 20.7. The highest BCUT2D eigenvalue weighted by atomic mass is 19.4. The molecule has 0 aliphatic rings. The third-order valence-electron chi connectivity index (χ3n) is 6.11. The maximum Gasteiger partial charge on any atom is 0.433 e. The summed E-state index contributed by atoms with van der Waals surface area (Å²) in [5.74, 6) is -0.571. The second-order valence-corrected chi connectivity index (χ2v) is 8.93. The van der Waals surface area contributed by atoms with Crippen LogP contribution in [0.3, 0.4) is 0 Å². The number of halogens is 6. The predicted octanol–water partition coefficient (Wildman–Crippen LogP) is 6.50. The molecule has 0 unspecified atom stereocenters. The number of amides is 1. The van der Waals surface area contributed by atoms with Gasteiger partial charge in [-0.3, -0.25) is 9.89 Å². The topological polar surface area (TPSA) is 122 Å². The fraction of sp³-hybridized carbons (Fsp3) is 0.111. The molecule has 2 aromatic carbocycles. The molecular formula is C27H19F6N7O. The van der Waals surface area contributed by atoms with Crippen molar-refractivity contribution in [1.82, 2.24) is 20.2 Å². The Morgan fingerprint density at radius 2 is 1.61 bits per heavy atom. The average Bonchev–Trinajstić information content (AvgIpc) is 3.31. The number of alkyl halides is 6. The first-order valence-corrected chi connectivity index (χ1v) is 11.9. The summed E-state index contributed by atoms with van der Waals surface area (Å²) in [4.78, 5) is 20.4. The Balaban J connectivity index is 1.34. The number of hydrogen-bond donors (Lipinski definition) is 4. The highest BCUT2D eigenvalue weighted by molar-refractivity contribution is 6.08. The second kappa shape index (κ2) is 10.4. The Hall–Kier alpha value is -5.14. The molecule has 0 aliphatic heterocycles. The van der Waals surface area contributed by atoms with Crippen molar-refractivity contribution in [3.63, 3.8) is 0 Å². The van der Waals surface area contributed by atoms with Crippen molar-refractivity contribution < 1.29 is 31.1 Å². The fourth-order valence-corrected chi connectivity index (χ4v) is 3.98. The molecule has 1 amide bonds. The number of nitrogens with one attached hydrogen (secondary N) is 3. The van der Waals surface area contributed by atoms with E-state index in [1.54, 1.807) is 18.3 Å². The minimum absolute atomic E-state index is 0.0875. The number of pyridine rings is 2. The molecular weight excluding hydrogens is 552 g/mol. The zero-order chi connectivity index (χ0) is 29.4. The van der Waals surface area contributed by atoms with E-state index >= 15 is 0 Å². The van der Waals surface area contributed by atoms with Crippen LogP contribution in [-0.2, 0) is 18.9 Å². The number of carbonyl (C=O) groups excluding carboxylic acids is 1. The van der Waals surface area contributed by atoms with Gasteiger partial charge in [0.2, 0.25) is 0 Å². The molecule has 5 aromatic rings. The largest absolute Gasteiger partial charge is 0.433 e. The van der Waals surface area contributed by atoms with Crippen LogP contribution in [0.4, 0.5) is 43.5 Å². The molecule has 0 bridgehead atoms. The summed E-state index contributed by atoms with van der Waals surface area (Å²) >= 11 is 0. The normalized spacial score (nSPS) is 12.0. The van der Waals surface area contributed by atoms with E-state index in [4.69, 9.17) is 5.73 Å². The van der Waals surface area contributed by atoms with Gasteiger partial charge in [0.25, 0.3) is 5.91 Å². The van der Waals surface area contributed by atoms with E-state index in [1.165, 1.54) is 0 Å². The molecule has 0 saturated heterocycles. The van der Waals surface area contributed by atoms with Crippen LogP contribution in [0, 0.1) is 0 Å². The Bertz CT molecular complexity index is 1710. The van der Waals surface area contributed by atoms with E-state index in [2.05, 4.69) is 30.8 Å². The molecule has 5 N–H and O–H groups in total. The third-order valence-corrected chi connectivity index (χ3v) is 6.11. The lowest BCUT2D eigenvalue weighted by molar-refractivity contribution is -0.141. The fourth-order valence-electron chi connectivity index (χ4n) is 3.98. The summed E-state index contributed by atoms with van der Waals surface area (Å²) in [7, 11) is 0. The zero-order valence-electron chi connectivity index (χ0n) is 20.7. The first-order chi connectivity index (χ1) is 19.4. The van der Waals surface area contributed by atoms with E-state index in [-0.39, 0.29) is 23.5 Å². The number of benzene rings is 2. The van der Waals surface area contributed by atoms with Gasteiger partial charge in [-0.1, -0.05) is 24.3 Å². The van der Waals surface area contributed by atoms with Gasteiger partial charge >= 0.3 is 12.4 Å². The van der Waals surface area contributed by atoms with Crippen molar-refractivity contribution in [1.29, 1.82) is 0 Å². The van der Waals surface area contributed by atoms with Gasteiger partial charge in [-0.05, 0) is 47.5 Å². The molecule has 3 aromatic heterocycles. The second-order valence-electron chi connectivity index (χ2n) is 8.93. The van der Waals surface area contributed by atoms with Gasteiger partial charge in [0.1, 0.15) is 11.5 Å². The number of anilines is 3. The average molecular weight is 571 g/mol. The van der Waals surface area contributed by atoms with Crippen LogP contribution in [0.5, 0.6) is 0 Å². The molecule has 41 heavy (non-hydrogen) atoms.